The quantitative estimate of drug-likeness (QED) is 0.360. The molecule has 1 heterocycles. The fraction of sp³-hybridized carbons (Fsp3) is 0.429. The molecule has 0 spiro atoms. The van der Waals surface area contributed by atoms with Crippen LogP contribution in [0, 0.1) is 17.8 Å². The lowest BCUT2D eigenvalue weighted by atomic mass is 9.60. The Bertz CT molecular complexity index is 1110. The van der Waals surface area contributed by atoms with Gasteiger partial charge in [-0.1, -0.05) is 11.3 Å². The van der Waals surface area contributed by atoms with Crippen molar-refractivity contribution in [3.05, 3.63) is 38.5 Å². The maximum Gasteiger partial charge on any atom is 0.308 e. The number of aliphatic hydroxyl groups excluding tert-OH is 1. The summed E-state index contributed by atoms with van der Waals surface area (Å²) >= 11 is 1.11. The van der Waals surface area contributed by atoms with Crippen LogP contribution < -0.4 is 4.87 Å². The predicted molar refractivity (Wildman–Crippen MR) is 109 cm³/mol. The van der Waals surface area contributed by atoms with Gasteiger partial charge in [0.05, 0.1) is 21.0 Å². The van der Waals surface area contributed by atoms with Crippen LogP contribution in [0.5, 0.6) is 0 Å². The monoisotopic (exact) mass is 401 g/mol. The number of allylic oxidation sites excluding steroid dienone is 1. The minimum absolute atomic E-state index is 0.109. The molecule has 0 radical (unpaired) electrons. The number of carbonyl (C=O) groups is 3. The van der Waals surface area contributed by atoms with Crippen LogP contribution in [0.25, 0.3) is 16.0 Å². The minimum Gasteiger partial charge on any atom is -0.506 e. The second-order valence-corrected chi connectivity index (χ2v) is 9.15. The SMILES string of the molecule is CCn1c(=O)sc2ccc(C(O)=C3C(=O)C(C)(C)C(=O)C(C)(C)C3=O)c(C)c21. The highest BCUT2D eigenvalue weighted by Crippen LogP contribution is 2.43. The molecule has 0 aliphatic heterocycles. The second kappa shape index (κ2) is 6.24. The van der Waals surface area contributed by atoms with E-state index in [0.717, 1.165) is 16.0 Å². The minimum atomic E-state index is -1.41. The van der Waals surface area contributed by atoms with E-state index in [0.29, 0.717) is 23.2 Å². The molecule has 28 heavy (non-hydrogen) atoms. The summed E-state index contributed by atoms with van der Waals surface area (Å²) in [5.74, 6) is -2.27. The first-order valence-electron chi connectivity index (χ1n) is 9.08. The zero-order chi connectivity index (χ0) is 21.2. The summed E-state index contributed by atoms with van der Waals surface area (Å²) in [6.07, 6.45) is 0. The Labute approximate surface area is 166 Å². The Hall–Kier alpha value is -2.54. The highest BCUT2D eigenvalue weighted by Gasteiger charge is 2.56. The van der Waals surface area contributed by atoms with Crippen molar-refractivity contribution >= 4 is 44.7 Å². The first kappa shape index (κ1) is 20.2. The molecule has 1 aromatic heterocycles. The van der Waals surface area contributed by atoms with Crippen molar-refractivity contribution in [2.45, 2.75) is 48.1 Å². The Balaban J connectivity index is 2.34. The number of benzene rings is 1. The lowest BCUT2D eigenvalue weighted by Crippen LogP contribution is -2.54. The number of aryl methyl sites for hydroxylation is 2. The van der Waals surface area contributed by atoms with Gasteiger partial charge in [0.2, 0.25) is 0 Å². The molecule has 6 nitrogen and oxygen atoms in total. The van der Waals surface area contributed by atoms with Crippen molar-refractivity contribution in [2.75, 3.05) is 0 Å². The van der Waals surface area contributed by atoms with E-state index in [2.05, 4.69) is 0 Å². The van der Waals surface area contributed by atoms with Gasteiger partial charge < -0.3 is 5.11 Å². The molecule has 0 atom stereocenters. The molecule has 0 amide bonds. The number of carbonyl (C=O) groups excluding carboxylic acids is 3. The highest BCUT2D eigenvalue weighted by atomic mass is 32.1. The molecule has 0 unspecified atom stereocenters. The van der Waals surface area contributed by atoms with Gasteiger partial charge in [0.1, 0.15) is 11.3 Å². The van der Waals surface area contributed by atoms with Gasteiger partial charge in [-0.25, -0.2) is 0 Å². The third kappa shape index (κ3) is 2.53. The van der Waals surface area contributed by atoms with Gasteiger partial charge in [0, 0.05) is 12.1 Å². The average molecular weight is 401 g/mol. The van der Waals surface area contributed by atoms with Crippen LogP contribution in [0.4, 0.5) is 0 Å². The van der Waals surface area contributed by atoms with Gasteiger partial charge >= 0.3 is 4.87 Å². The average Bonchev–Trinajstić information content (AvgIpc) is 2.96. The van der Waals surface area contributed by atoms with E-state index in [4.69, 9.17) is 0 Å². The van der Waals surface area contributed by atoms with Gasteiger partial charge in [-0.15, -0.1) is 0 Å². The van der Waals surface area contributed by atoms with Gasteiger partial charge in [-0.05, 0) is 59.2 Å². The molecule has 0 bridgehead atoms. The molecule has 2 aromatic rings. The molecule has 1 saturated carbocycles. The number of aromatic nitrogens is 1. The van der Waals surface area contributed by atoms with E-state index in [9.17, 15) is 24.3 Å². The van der Waals surface area contributed by atoms with E-state index < -0.39 is 33.9 Å². The number of rotatable bonds is 2. The molecule has 1 aliphatic carbocycles. The molecule has 1 N–H and O–H groups in total. The smallest absolute Gasteiger partial charge is 0.308 e. The van der Waals surface area contributed by atoms with Crippen LogP contribution in [0.1, 0.15) is 45.7 Å². The number of ketones is 3. The van der Waals surface area contributed by atoms with Gasteiger partial charge in [0.15, 0.2) is 17.3 Å². The lowest BCUT2D eigenvalue weighted by molar-refractivity contribution is -0.151. The van der Waals surface area contributed by atoms with Crippen molar-refractivity contribution in [1.29, 1.82) is 0 Å². The van der Waals surface area contributed by atoms with E-state index >= 15 is 0 Å². The fourth-order valence-corrected chi connectivity index (χ4v) is 4.96. The molecule has 7 heteroatoms. The highest BCUT2D eigenvalue weighted by molar-refractivity contribution is 7.16. The molecule has 1 aromatic carbocycles. The number of hydrogen-bond donors (Lipinski definition) is 1. The first-order chi connectivity index (χ1) is 12.9. The number of aliphatic hydroxyl groups is 1. The van der Waals surface area contributed by atoms with Crippen LogP contribution in [0.3, 0.4) is 0 Å². The summed E-state index contributed by atoms with van der Waals surface area (Å²) in [7, 11) is 0. The molecular formula is C21H23NO5S. The summed E-state index contributed by atoms with van der Waals surface area (Å²) in [6, 6.07) is 3.30. The Morgan fingerprint density at radius 3 is 2.07 bits per heavy atom. The third-order valence-electron chi connectivity index (χ3n) is 5.61. The number of Topliss-reactive ketones (excluding diaryl/α,β-unsaturated/α-hetero) is 3. The Morgan fingerprint density at radius 1 is 1.04 bits per heavy atom. The normalized spacial score (nSPS) is 18.8. The van der Waals surface area contributed by atoms with Crippen molar-refractivity contribution in [3.8, 4) is 0 Å². The van der Waals surface area contributed by atoms with Gasteiger partial charge in [-0.3, -0.25) is 23.7 Å². The Morgan fingerprint density at radius 2 is 1.57 bits per heavy atom. The Kier molecular flexibility index (Phi) is 4.50. The van der Waals surface area contributed by atoms with Crippen LogP contribution >= 0.6 is 11.3 Å². The van der Waals surface area contributed by atoms with Crippen LogP contribution in [0.15, 0.2) is 22.5 Å². The largest absolute Gasteiger partial charge is 0.506 e. The van der Waals surface area contributed by atoms with Gasteiger partial charge in [-0.2, -0.15) is 0 Å². The van der Waals surface area contributed by atoms with Crippen LogP contribution in [-0.4, -0.2) is 27.0 Å². The van der Waals surface area contributed by atoms with Crippen molar-refractivity contribution in [3.63, 3.8) is 0 Å². The fourth-order valence-electron chi connectivity index (χ4n) is 3.94. The zero-order valence-electron chi connectivity index (χ0n) is 16.8. The van der Waals surface area contributed by atoms with E-state index in [1.165, 1.54) is 27.7 Å². The number of hydrogen-bond acceptors (Lipinski definition) is 6. The second-order valence-electron chi connectivity index (χ2n) is 8.16. The molecule has 1 fully saturated rings. The summed E-state index contributed by atoms with van der Waals surface area (Å²) in [5.41, 5.74) is -1.58. The lowest BCUT2D eigenvalue weighted by Gasteiger charge is -2.37. The van der Waals surface area contributed by atoms with Crippen LogP contribution in [-0.2, 0) is 20.9 Å². The topological polar surface area (TPSA) is 93.4 Å². The maximum atomic E-state index is 13.0. The maximum absolute atomic E-state index is 13.0. The van der Waals surface area contributed by atoms with E-state index in [1.54, 1.807) is 23.6 Å². The summed E-state index contributed by atoms with van der Waals surface area (Å²) in [5, 5.41) is 11.0. The number of nitrogens with zero attached hydrogens (tertiary/aromatic N) is 1. The summed E-state index contributed by atoms with van der Waals surface area (Å²) in [4.78, 5) is 50.6. The van der Waals surface area contributed by atoms with Crippen molar-refractivity contribution < 1.29 is 19.5 Å². The summed E-state index contributed by atoms with van der Waals surface area (Å²) in [6.45, 7) is 9.96. The van der Waals surface area contributed by atoms with Crippen molar-refractivity contribution in [2.24, 2.45) is 10.8 Å². The predicted octanol–water partition coefficient (Wildman–Crippen LogP) is 3.43. The van der Waals surface area contributed by atoms with E-state index in [1.807, 2.05) is 6.92 Å². The van der Waals surface area contributed by atoms with Crippen molar-refractivity contribution in [1.82, 2.24) is 4.57 Å². The number of fused-ring (bicyclic) bond motifs is 1. The first-order valence-corrected chi connectivity index (χ1v) is 9.90. The molecular weight excluding hydrogens is 378 g/mol. The standard InChI is InChI=1S/C21H23NO5S/c1-7-22-14-10(2)11(8-9-12(14)28-19(22)27)15(23)13-16(24)20(3,4)18(26)21(5,6)17(13)25/h8-9,23H,7H2,1-6H3. The molecule has 3 rings (SSSR count). The van der Waals surface area contributed by atoms with Crippen LogP contribution in [0.2, 0.25) is 0 Å². The summed E-state index contributed by atoms with van der Waals surface area (Å²) < 4.78 is 2.36. The van der Waals surface area contributed by atoms with E-state index in [-0.39, 0.29) is 10.4 Å². The molecule has 148 valence electrons. The number of thiazole rings is 1. The third-order valence-corrected chi connectivity index (χ3v) is 6.56. The zero-order valence-corrected chi connectivity index (χ0v) is 17.6. The molecule has 1 aliphatic rings. The molecule has 0 saturated heterocycles. The van der Waals surface area contributed by atoms with Gasteiger partial charge in [0.25, 0.3) is 0 Å².